The molecule has 0 aliphatic heterocycles. The molecule has 0 aliphatic rings. The molecule has 0 aliphatic carbocycles. The third-order valence-corrected chi connectivity index (χ3v) is 5.08. The number of nitrogens with two attached hydrogens (primary N) is 1. The Kier molecular flexibility index (Phi) is 6.52. The molecule has 0 unspecified atom stereocenters. The highest BCUT2D eigenvalue weighted by molar-refractivity contribution is 7.46. The second-order valence-corrected chi connectivity index (χ2v) is 8.40. The van der Waals surface area contributed by atoms with E-state index >= 15 is 0 Å². The van der Waals surface area contributed by atoms with E-state index in [4.69, 9.17) is 24.8 Å². The SMILES string of the molecule is Cn1ccc(COc2ccc(Cc3cc(-c4ccc[n+](COP(=O)(O)O)c4N)on3)cn2)n1. The molecule has 0 spiro atoms. The largest absolute Gasteiger partial charge is 0.472 e. The van der Waals surface area contributed by atoms with Crippen molar-refractivity contribution < 1.29 is 32.7 Å². The summed E-state index contributed by atoms with van der Waals surface area (Å²) in [5.41, 5.74) is 9.01. The minimum atomic E-state index is -4.63. The lowest BCUT2D eigenvalue weighted by Crippen LogP contribution is -2.38. The van der Waals surface area contributed by atoms with Crippen molar-refractivity contribution in [2.45, 2.75) is 19.8 Å². The molecule has 13 heteroatoms. The lowest BCUT2D eigenvalue weighted by molar-refractivity contribution is -0.711. The van der Waals surface area contributed by atoms with Gasteiger partial charge in [0.25, 0.3) is 5.82 Å². The molecule has 4 aromatic heterocycles. The van der Waals surface area contributed by atoms with Gasteiger partial charge in [-0.1, -0.05) is 11.2 Å². The van der Waals surface area contributed by atoms with Crippen LogP contribution in [0.15, 0.2) is 59.5 Å². The lowest BCUT2D eigenvalue weighted by Gasteiger charge is -2.07. The molecule has 0 radical (unpaired) electrons. The Morgan fingerprint density at radius 1 is 1.24 bits per heavy atom. The number of ether oxygens (including phenoxy) is 1. The third kappa shape index (κ3) is 6.02. The number of phosphoric ester groups is 1. The fourth-order valence-electron chi connectivity index (χ4n) is 3.04. The molecule has 4 aromatic rings. The zero-order chi connectivity index (χ0) is 23.4. The van der Waals surface area contributed by atoms with Crippen LogP contribution < -0.4 is 15.0 Å². The number of phosphoric acid groups is 1. The highest BCUT2D eigenvalue weighted by Gasteiger charge is 2.20. The molecule has 0 saturated carbocycles. The standard InChI is InChI=1S/C20H21N6O6P/c1-25-8-6-15(23-25)12-30-19-5-4-14(11-22-19)9-16-10-18(32-24-16)17-3-2-7-26(20(17)21)13-31-33(27,28)29/h2-8,10-11,21H,9,12-13H2,1H3,(H2,27,28,29)/p+1. The van der Waals surface area contributed by atoms with Crippen LogP contribution >= 0.6 is 7.82 Å². The first-order chi connectivity index (χ1) is 15.8. The molecule has 0 atom stereocenters. The van der Waals surface area contributed by atoms with E-state index in [0.29, 0.717) is 35.9 Å². The van der Waals surface area contributed by atoms with Crippen molar-refractivity contribution in [3.05, 3.63) is 71.9 Å². The highest BCUT2D eigenvalue weighted by atomic mass is 31.2. The van der Waals surface area contributed by atoms with Crippen molar-refractivity contribution in [3.8, 4) is 17.2 Å². The minimum Gasteiger partial charge on any atom is -0.471 e. The number of hydrogen-bond acceptors (Lipinski definition) is 8. The number of aryl methyl sites for hydroxylation is 1. The minimum absolute atomic E-state index is 0.213. The number of anilines is 1. The van der Waals surface area contributed by atoms with Crippen LogP contribution in [0.3, 0.4) is 0 Å². The molecule has 0 fully saturated rings. The van der Waals surface area contributed by atoms with Crippen molar-refractivity contribution in [1.82, 2.24) is 19.9 Å². The second-order valence-electron chi connectivity index (χ2n) is 7.16. The van der Waals surface area contributed by atoms with Crippen LogP contribution in [0.5, 0.6) is 5.88 Å². The smallest absolute Gasteiger partial charge is 0.471 e. The summed E-state index contributed by atoms with van der Waals surface area (Å²) >= 11 is 0. The van der Waals surface area contributed by atoms with E-state index in [1.807, 2.05) is 25.4 Å². The summed E-state index contributed by atoms with van der Waals surface area (Å²) in [6.45, 7) is -0.0805. The van der Waals surface area contributed by atoms with Gasteiger partial charge in [-0.2, -0.15) is 5.10 Å². The van der Waals surface area contributed by atoms with Gasteiger partial charge in [-0.05, 0) is 23.8 Å². The third-order valence-electron chi connectivity index (χ3n) is 4.62. The topological polar surface area (TPSA) is 163 Å². The zero-order valence-electron chi connectivity index (χ0n) is 17.6. The maximum absolute atomic E-state index is 10.9. The predicted molar refractivity (Wildman–Crippen MR) is 114 cm³/mol. The number of nitrogen functional groups attached to an aromatic ring is 1. The predicted octanol–water partition coefficient (Wildman–Crippen LogP) is 1.58. The van der Waals surface area contributed by atoms with E-state index in [-0.39, 0.29) is 5.82 Å². The van der Waals surface area contributed by atoms with Gasteiger partial charge < -0.3 is 19.0 Å². The number of rotatable bonds is 9. The van der Waals surface area contributed by atoms with Gasteiger partial charge in [-0.3, -0.25) is 10.4 Å². The van der Waals surface area contributed by atoms with Crippen LogP contribution in [0.25, 0.3) is 11.3 Å². The van der Waals surface area contributed by atoms with Gasteiger partial charge >= 0.3 is 7.82 Å². The number of aromatic nitrogens is 5. The Labute approximate surface area is 188 Å². The second kappa shape index (κ2) is 9.51. The fraction of sp³-hybridized carbons (Fsp3) is 0.200. The Morgan fingerprint density at radius 2 is 2.09 bits per heavy atom. The molecule has 4 N–H and O–H groups in total. The van der Waals surface area contributed by atoms with Crippen molar-refractivity contribution in [3.63, 3.8) is 0 Å². The summed E-state index contributed by atoms with van der Waals surface area (Å²) in [5, 5.41) is 8.33. The van der Waals surface area contributed by atoms with Crippen LogP contribution in [0.4, 0.5) is 5.82 Å². The van der Waals surface area contributed by atoms with Crippen LogP contribution in [0, 0.1) is 0 Å². The van der Waals surface area contributed by atoms with Crippen LogP contribution in [0.1, 0.15) is 17.0 Å². The summed E-state index contributed by atoms with van der Waals surface area (Å²) in [4.78, 5) is 22.1. The first-order valence-corrected chi connectivity index (χ1v) is 11.3. The number of nitrogens with zero attached hydrogens (tertiary/aromatic N) is 5. The van der Waals surface area contributed by atoms with E-state index in [2.05, 4.69) is 19.8 Å². The fourth-order valence-corrected chi connectivity index (χ4v) is 3.32. The Bertz CT molecular complexity index is 1280. The maximum atomic E-state index is 10.9. The monoisotopic (exact) mass is 473 g/mol. The Morgan fingerprint density at radius 3 is 2.79 bits per heavy atom. The number of hydrogen-bond donors (Lipinski definition) is 3. The average molecular weight is 473 g/mol. The van der Waals surface area contributed by atoms with Gasteiger partial charge in [0.15, 0.2) is 5.76 Å². The normalized spacial score (nSPS) is 11.6. The summed E-state index contributed by atoms with van der Waals surface area (Å²) in [6.07, 6.45) is 5.56. The van der Waals surface area contributed by atoms with Gasteiger partial charge in [-0.25, -0.2) is 18.6 Å². The molecule has 0 amide bonds. The highest BCUT2D eigenvalue weighted by Crippen LogP contribution is 2.35. The molecule has 12 nitrogen and oxygen atoms in total. The molecule has 0 aromatic carbocycles. The van der Waals surface area contributed by atoms with Crippen molar-refractivity contribution in [1.29, 1.82) is 0 Å². The molecule has 4 heterocycles. The lowest BCUT2D eigenvalue weighted by atomic mass is 10.1. The quantitative estimate of drug-likeness (QED) is 0.240. The summed E-state index contributed by atoms with van der Waals surface area (Å²) < 4.78 is 29.6. The van der Waals surface area contributed by atoms with Crippen LogP contribution in [-0.2, 0) is 35.9 Å². The van der Waals surface area contributed by atoms with Gasteiger partial charge in [0.2, 0.25) is 12.6 Å². The molecule has 33 heavy (non-hydrogen) atoms. The van der Waals surface area contributed by atoms with E-state index in [1.165, 1.54) is 10.8 Å². The van der Waals surface area contributed by atoms with E-state index in [0.717, 1.165) is 11.3 Å². The first-order valence-electron chi connectivity index (χ1n) is 9.77. The van der Waals surface area contributed by atoms with E-state index < -0.39 is 14.6 Å². The summed E-state index contributed by atoms with van der Waals surface area (Å²) in [5.74, 6) is 1.12. The summed E-state index contributed by atoms with van der Waals surface area (Å²) in [7, 11) is -2.78. The molecular formula is C20H22N6O6P+. The van der Waals surface area contributed by atoms with Gasteiger partial charge in [0.1, 0.15) is 12.2 Å². The number of pyridine rings is 2. The van der Waals surface area contributed by atoms with Gasteiger partial charge in [0.05, 0.1) is 17.6 Å². The summed E-state index contributed by atoms with van der Waals surface area (Å²) in [6, 6.07) is 10.7. The van der Waals surface area contributed by atoms with E-state index in [1.54, 1.807) is 35.1 Å². The zero-order valence-corrected chi connectivity index (χ0v) is 18.5. The van der Waals surface area contributed by atoms with E-state index in [9.17, 15) is 4.57 Å². The van der Waals surface area contributed by atoms with Crippen LogP contribution in [-0.4, -0.2) is 29.7 Å². The molecule has 0 saturated heterocycles. The first kappa shape index (κ1) is 22.6. The average Bonchev–Trinajstić information content (AvgIpc) is 3.41. The molecule has 4 rings (SSSR count). The molecular weight excluding hydrogens is 451 g/mol. The Hall–Kier alpha value is -3.57. The van der Waals surface area contributed by atoms with Crippen LogP contribution in [0.2, 0.25) is 0 Å². The van der Waals surface area contributed by atoms with Crippen molar-refractivity contribution in [2.75, 3.05) is 5.73 Å². The molecule has 172 valence electrons. The van der Waals surface area contributed by atoms with Crippen molar-refractivity contribution in [2.24, 2.45) is 7.05 Å². The van der Waals surface area contributed by atoms with Gasteiger partial charge in [-0.15, -0.1) is 0 Å². The van der Waals surface area contributed by atoms with Gasteiger partial charge in [0, 0.05) is 38.0 Å². The maximum Gasteiger partial charge on any atom is 0.472 e. The Balaban J connectivity index is 1.40. The molecule has 0 bridgehead atoms. The van der Waals surface area contributed by atoms with Crippen molar-refractivity contribution >= 4 is 13.6 Å².